The maximum atomic E-state index is 12.8. The van der Waals surface area contributed by atoms with Gasteiger partial charge in [-0.2, -0.15) is 13.2 Å². The summed E-state index contributed by atoms with van der Waals surface area (Å²) in [6, 6.07) is 5.14. The Kier molecular flexibility index (Phi) is 2.93. The summed E-state index contributed by atoms with van der Waals surface area (Å²) in [6.45, 7) is 0. The summed E-state index contributed by atoms with van der Waals surface area (Å²) in [7, 11) is 0. The van der Waals surface area contributed by atoms with Gasteiger partial charge in [0.05, 0.1) is 11.3 Å². The van der Waals surface area contributed by atoms with Crippen molar-refractivity contribution in [3.05, 3.63) is 54.3 Å². The molecule has 1 aromatic rings. The van der Waals surface area contributed by atoms with Gasteiger partial charge in [0.2, 0.25) is 0 Å². The van der Waals surface area contributed by atoms with E-state index in [1.54, 1.807) is 22.2 Å². The smallest absolute Gasteiger partial charge is 0.298 e. The summed E-state index contributed by atoms with van der Waals surface area (Å²) < 4.78 is 38.3. The standard InChI is InChI=1S/C13H10F3N3S/c14-13(15,16)9-4-3-5-10(8-9)19-11-6-1-2-7-18(11)12(20)17-19/h1-8,11H,(H,17,20)/t11-/m0/s1. The van der Waals surface area contributed by atoms with Gasteiger partial charge in [-0.15, -0.1) is 0 Å². The molecule has 1 aromatic carbocycles. The first kappa shape index (κ1) is 13.0. The SMILES string of the molecule is FC(F)(F)c1cccc(N2NC(=S)N3C=CC=C[C@@H]32)c1. The number of hydrogen-bond acceptors (Lipinski definition) is 2. The number of hydrogen-bond donors (Lipinski definition) is 1. The number of anilines is 1. The number of nitrogens with zero attached hydrogens (tertiary/aromatic N) is 2. The zero-order valence-corrected chi connectivity index (χ0v) is 10.9. The third-order valence-corrected chi connectivity index (χ3v) is 3.39. The van der Waals surface area contributed by atoms with E-state index >= 15 is 0 Å². The third kappa shape index (κ3) is 2.14. The van der Waals surface area contributed by atoms with E-state index in [-0.39, 0.29) is 6.17 Å². The van der Waals surface area contributed by atoms with Crippen LogP contribution < -0.4 is 10.4 Å². The number of hydrazine groups is 1. The van der Waals surface area contributed by atoms with Gasteiger partial charge in [0.1, 0.15) is 6.17 Å². The first-order chi connectivity index (χ1) is 9.47. The van der Waals surface area contributed by atoms with Crippen molar-refractivity contribution in [2.24, 2.45) is 0 Å². The van der Waals surface area contributed by atoms with Crippen molar-refractivity contribution in [1.29, 1.82) is 0 Å². The Morgan fingerprint density at radius 2 is 2.00 bits per heavy atom. The Morgan fingerprint density at radius 1 is 1.20 bits per heavy atom. The number of halogens is 3. The molecule has 0 saturated carbocycles. The Bertz CT molecular complexity index is 609. The lowest BCUT2D eigenvalue weighted by molar-refractivity contribution is -0.137. The number of benzene rings is 1. The molecule has 0 amide bonds. The van der Waals surface area contributed by atoms with Crippen LogP contribution in [-0.4, -0.2) is 16.2 Å². The predicted octanol–water partition coefficient (Wildman–Crippen LogP) is 3.03. The van der Waals surface area contributed by atoms with E-state index < -0.39 is 11.7 Å². The fraction of sp³-hybridized carbons (Fsp3) is 0.154. The molecule has 0 spiro atoms. The van der Waals surface area contributed by atoms with Gasteiger partial charge in [-0.25, -0.2) is 0 Å². The molecule has 0 unspecified atom stereocenters. The van der Waals surface area contributed by atoms with E-state index in [9.17, 15) is 13.2 Å². The molecule has 1 N–H and O–H groups in total. The van der Waals surface area contributed by atoms with E-state index in [2.05, 4.69) is 5.43 Å². The highest BCUT2D eigenvalue weighted by Crippen LogP contribution is 2.33. The minimum Gasteiger partial charge on any atom is -0.298 e. The summed E-state index contributed by atoms with van der Waals surface area (Å²) in [5.41, 5.74) is 2.64. The van der Waals surface area contributed by atoms with E-state index in [4.69, 9.17) is 12.2 Å². The molecular weight excluding hydrogens is 287 g/mol. The summed E-state index contributed by atoms with van der Waals surface area (Å²) >= 11 is 5.17. The molecule has 1 atom stereocenters. The molecule has 0 aromatic heterocycles. The summed E-state index contributed by atoms with van der Waals surface area (Å²) in [5, 5.41) is 2.06. The predicted molar refractivity (Wildman–Crippen MR) is 73.6 cm³/mol. The molecule has 3 rings (SSSR count). The second-order valence-corrected chi connectivity index (χ2v) is 4.77. The lowest BCUT2D eigenvalue weighted by atomic mass is 10.2. The monoisotopic (exact) mass is 297 g/mol. The van der Waals surface area contributed by atoms with Crippen molar-refractivity contribution in [3.8, 4) is 0 Å². The normalized spacial score (nSPS) is 21.1. The summed E-state index contributed by atoms with van der Waals surface area (Å²) in [5.74, 6) is 0. The number of rotatable bonds is 1. The van der Waals surface area contributed by atoms with E-state index in [0.717, 1.165) is 12.1 Å². The Hall–Kier alpha value is -2.02. The topological polar surface area (TPSA) is 18.5 Å². The maximum absolute atomic E-state index is 12.8. The van der Waals surface area contributed by atoms with Crippen LogP contribution in [0.5, 0.6) is 0 Å². The molecule has 0 bridgehead atoms. The van der Waals surface area contributed by atoms with Crippen molar-refractivity contribution in [3.63, 3.8) is 0 Å². The first-order valence-electron chi connectivity index (χ1n) is 5.87. The lowest BCUT2D eigenvalue weighted by Crippen LogP contribution is -2.39. The molecule has 0 aliphatic carbocycles. The molecule has 20 heavy (non-hydrogen) atoms. The number of fused-ring (bicyclic) bond motifs is 1. The minimum atomic E-state index is -4.36. The van der Waals surface area contributed by atoms with Crippen LogP contribution in [0.2, 0.25) is 0 Å². The zero-order chi connectivity index (χ0) is 14.3. The van der Waals surface area contributed by atoms with E-state index in [0.29, 0.717) is 10.8 Å². The van der Waals surface area contributed by atoms with Crippen molar-refractivity contribution < 1.29 is 13.2 Å². The van der Waals surface area contributed by atoms with Crippen molar-refractivity contribution in [2.45, 2.75) is 12.3 Å². The number of nitrogens with one attached hydrogen (secondary N) is 1. The fourth-order valence-corrected chi connectivity index (χ4v) is 2.43. The van der Waals surface area contributed by atoms with Crippen LogP contribution in [0.3, 0.4) is 0 Å². The average molecular weight is 297 g/mol. The minimum absolute atomic E-state index is 0.254. The van der Waals surface area contributed by atoms with Gasteiger partial charge < -0.3 is 0 Å². The molecule has 1 fully saturated rings. The van der Waals surface area contributed by atoms with Crippen LogP contribution in [0, 0.1) is 0 Å². The molecule has 0 radical (unpaired) electrons. The van der Waals surface area contributed by atoms with Gasteiger partial charge >= 0.3 is 6.18 Å². The molecule has 3 nitrogen and oxygen atoms in total. The molecule has 2 aliphatic heterocycles. The van der Waals surface area contributed by atoms with Crippen molar-refractivity contribution in [2.75, 3.05) is 5.01 Å². The van der Waals surface area contributed by atoms with Gasteiger partial charge in [-0.05, 0) is 42.6 Å². The Balaban J connectivity index is 1.96. The zero-order valence-electron chi connectivity index (χ0n) is 10.1. The highest BCUT2D eigenvalue weighted by atomic mass is 32.1. The first-order valence-corrected chi connectivity index (χ1v) is 6.28. The summed E-state index contributed by atoms with van der Waals surface area (Å²) in [6.07, 6.45) is 2.67. The highest BCUT2D eigenvalue weighted by Gasteiger charge is 2.35. The van der Waals surface area contributed by atoms with E-state index in [1.807, 2.05) is 18.2 Å². The molecule has 1 saturated heterocycles. The van der Waals surface area contributed by atoms with Crippen molar-refractivity contribution in [1.82, 2.24) is 10.3 Å². The number of alkyl halides is 3. The Labute approximate surface area is 118 Å². The van der Waals surface area contributed by atoms with Gasteiger partial charge in [0.15, 0.2) is 5.11 Å². The van der Waals surface area contributed by atoms with Crippen molar-refractivity contribution >= 4 is 23.0 Å². The quantitative estimate of drug-likeness (QED) is 0.803. The van der Waals surface area contributed by atoms with Gasteiger partial charge in [0, 0.05) is 6.20 Å². The second-order valence-electron chi connectivity index (χ2n) is 4.38. The molecule has 7 heteroatoms. The average Bonchev–Trinajstić information content (AvgIpc) is 2.76. The Morgan fingerprint density at radius 3 is 2.75 bits per heavy atom. The van der Waals surface area contributed by atoms with Crippen LogP contribution in [0.4, 0.5) is 18.9 Å². The lowest BCUT2D eigenvalue weighted by Gasteiger charge is -2.27. The van der Waals surface area contributed by atoms with Crippen LogP contribution in [0.15, 0.2) is 48.7 Å². The number of thiocarbonyl (C=S) groups is 1. The van der Waals surface area contributed by atoms with Crippen LogP contribution >= 0.6 is 12.2 Å². The molecule has 2 heterocycles. The fourth-order valence-electron chi connectivity index (χ4n) is 2.16. The van der Waals surface area contributed by atoms with Gasteiger partial charge in [-0.3, -0.25) is 15.3 Å². The molecule has 2 aliphatic rings. The molecule has 104 valence electrons. The molecular formula is C13H10F3N3S. The third-order valence-electron chi connectivity index (χ3n) is 3.09. The van der Waals surface area contributed by atoms with Crippen LogP contribution in [0.1, 0.15) is 5.56 Å². The van der Waals surface area contributed by atoms with Crippen LogP contribution in [0.25, 0.3) is 0 Å². The summed E-state index contributed by atoms with van der Waals surface area (Å²) in [4.78, 5) is 1.77. The van der Waals surface area contributed by atoms with Gasteiger partial charge in [-0.1, -0.05) is 12.1 Å². The second kappa shape index (κ2) is 4.52. The maximum Gasteiger partial charge on any atom is 0.416 e. The number of allylic oxidation sites excluding steroid dienone is 2. The largest absolute Gasteiger partial charge is 0.416 e. The highest BCUT2D eigenvalue weighted by molar-refractivity contribution is 7.80. The van der Waals surface area contributed by atoms with E-state index in [1.165, 1.54) is 6.07 Å². The van der Waals surface area contributed by atoms with Crippen LogP contribution in [-0.2, 0) is 6.18 Å². The van der Waals surface area contributed by atoms with Gasteiger partial charge in [0.25, 0.3) is 0 Å².